The normalized spacial score (nSPS) is 17.0. The first kappa shape index (κ1) is 15.6. The third-order valence-electron chi connectivity index (χ3n) is 4.45. The van der Waals surface area contributed by atoms with Gasteiger partial charge >= 0.3 is 0 Å². The number of fused-ring (bicyclic) bond motifs is 1. The molecule has 0 saturated carbocycles. The van der Waals surface area contributed by atoms with E-state index in [0.717, 1.165) is 36.9 Å². The number of benzene rings is 2. The van der Waals surface area contributed by atoms with Gasteiger partial charge in [0.1, 0.15) is 0 Å². The van der Waals surface area contributed by atoms with Crippen LogP contribution in [0.25, 0.3) is 0 Å². The average Bonchev–Trinajstić information content (AvgIpc) is 2.82. The van der Waals surface area contributed by atoms with Crippen LogP contribution in [-0.2, 0) is 6.42 Å². The van der Waals surface area contributed by atoms with Gasteiger partial charge in [-0.2, -0.15) is 0 Å². The van der Waals surface area contributed by atoms with E-state index >= 15 is 0 Å². The van der Waals surface area contributed by atoms with Gasteiger partial charge in [-0.25, -0.2) is 0 Å². The van der Waals surface area contributed by atoms with Crippen LogP contribution in [0.4, 0.5) is 0 Å². The van der Waals surface area contributed by atoms with Gasteiger partial charge in [0.05, 0.1) is 19.8 Å². The molecular weight excluding hydrogens is 290 g/mol. The van der Waals surface area contributed by atoms with Crippen molar-refractivity contribution in [1.29, 1.82) is 0 Å². The molecule has 4 heteroatoms. The minimum absolute atomic E-state index is 0.187. The molecule has 4 nitrogen and oxygen atoms in total. The molecule has 0 saturated heterocycles. The molecule has 0 fully saturated rings. The summed E-state index contributed by atoms with van der Waals surface area (Å²) in [6, 6.07) is 12.4. The fourth-order valence-electron chi connectivity index (χ4n) is 3.35. The highest BCUT2D eigenvalue weighted by Crippen LogP contribution is 2.40. The molecule has 0 aromatic heterocycles. The molecule has 1 unspecified atom stereocenters. The molecule has 3 rings (SSSR count). The quantitative estimate of drug-likeness (QED) is 0.882. The third-order valence-corrected chi connectivity index (χ3v) is 4.45. The van der Waals surface area contributed by atoms with Gasteiger partial charge in [0.15, 0.2) is 17.8 Å². The second-order valence-electron chi connectivity index (χ2n) is 5.63. The second-order valence-corrected chi connectivity index (χ2v) is 5.63. The number of nitrogens with one attached hydrogen (secondary N) is 1. The monoisotopic (exact) mass is 311 g/mol. The highest BCUT2D eigenvalue weighted by molar-refractivity contribution is 5.85. The van der Waals surface area contributed by atoms with E-state index in [1.165, 1.54) is 5.56 Å². The molecule has 1 aliphatic heterocycles. The Kier molecular flexibility index (Phi) is 4.63. The van der Waals surface area contributed by atoms with Crippen molar-refractivity contribution in [2.75, 3.05) is 27.3 Å². The van der Waals surface area contributed by atoms with Crippen molar-refractivity contribution in [2.45, 2.75) is 12.3 Å². The number of hydrogen-bond acceptors (Lipinski definition) is 4. The highest BCUT2D eigenvalue weighted by atomic mass is 16.5. The number of ether oxygens (including phenoxy) is 2. The smallest absolute Gasteiger partial charge is 0.171 e. The number of carbonyl (C=O) groups excluding carboxylic acids is 1. The van der Waals surface area contributed by atoms with Gasteiger partial charge in [-0.3, -0.25) is 4.79 Å². The van der Waals surface area contributed by atoms with E-state index in [1.807, 2.05) is 24.3 Å². The summed E-state index contributed by atoms with van der Waals surface area (Å²) in [6.07, 6.45) is 1.68. The molecular formula is C19H21NO3. The van der Waals surface area contributed by atoms with Crippen LogP contribution in [0.3, 0.4) is 0 Å². The zero-order chi connectivity index (χ0) is 16.2. The number of rotatable bonds is 4. The summed E-state index contributed by atoms with van der Waals surface area (Å²) >= 11 is 0. The fraction of sp³-hybridized carbons (Fsp3) is 0.316. The number of methoxy groups -OCH3 is 2. The molecule has 0 radical (unpaired) electrons. The standard InChI is InChI=1S/C19H21NO3/c1-22-18-10-15-14(17(12-21)19(18)23-2)8-9-20-11-16(15)13-6-4-3-5-7-13/h3-7,10,12,16,20H,8-9,11H2,1-2H3. The summed E-state index contributed by atoms with van der Waals surface area (Å²) in [7, 11) is 3.17. The van der Waals surface area contributed by atoms with Crippen molar-refractivity contribution in [3.8, 4) is 11.5 Å². The number of aldehydes is 1. The predicted octanol–water partition coefficient (Wildman–Crippen LogP) is 2.79. The Balaban J connectivity index is 2.23. The topological polar surface area (TPSA) is 47.6 Å². The molecule has 23 heavy (non-hydrogen) atoms. The van der Waals surface area contributed by atoms with Crippen LogP contribution >= 0.6 is 0 Å². The molecule has 1 heterocycles. The Bertz CT molecular complexity index is 698. The van der Waals surface area contributed by atoms with Gasteiger partial charge in [0.25, 0.3) is 0 Å². The maximum Gasteiger partial charge on any atom is 0.171 e. The predicted molar refractivity (Wildman–Crippen MR) is 89.8 cm³/mol. The van der Waals surface area contributed by atoms with Crippen molar-refractivity contribution in [3.05, 3.63) is 58.7 Å². The molecule has 1 N–H and O–H groups in total. The fourth-order valence-corrected chi connectivity index (χ4v) is 3.35. The van der Waals surface area contributed by atoms with Gasteiger partial charge in [0, 0.05) is 12.5 Å². The first-order chi connectivity index (χ1) is 11.3. The van der Waals surface area contributed by atoms with Crippen LogP contribution in [0.1, 0.15) is 33.0 Å². The zero-order valence-electron chi connectivity index (χ0n) is 13.5. The van der Waals surface area contributed by atoms with Crippen LogP contribution in [0.2, 0.25) is 0 Å². The van der Waals surface area contributed by atoms with E-state index in [-0.39, 0.29) is 5.92 Å². The van der Waals surface area contributed by atoms with Crippen LogP contribution < -0.4 is 14.8 Å². The molecule has 120 valence electrons. The molecule has 2 aromatic carbocycles. The van der Waals surface area contributed by atoms with Crippen LogP contribution in [-0.4, -0.2) is 33.6 Å². The van der Waals surface area contributed by atoms with Crippen molar-refractivity contribution in [3.63, 3.8) is 0 Å². The van der Waals surface area contributed by atoms with Gasteiger partial charge < -0.3 is 14.8 Å². The summed E-state index contributed by atoms with van der Waals surface area (Å²) < 4.78 is 10.9. The minimum Gasteiger partial charge on any atom is -0.493 e. The lowest BCUT2D eigenvalue weighted by Crippen LogP contribution is -2.20. The van der Waals surface area contributed by atoms with Crippen molar-refractivity contribution in [1.82, 2.24) is 5.32 Å². The van der Waals surface area contributed by atoms with Gasteiger partial charge in [-0.05, 0) is 35.7 Å². The zero-order valence-corrected chi connectivity index (χ0v) is 13.5. The maximum absolute atomic E-state index is 11.7. The third kappa shape index (κ3) is 2.82. The Hall–Kier alpha value is -2.33. The lowest BCUT2D eigenvalue weighted by molar-refractivity contribution is 0.111. The molecule has 2 aromatic rings. The van der Waals surface area contributed by atoms with E-state index in [2.05, 4.69) is 17.4 Å². The minimum atomic E-state index is 0.187. The number of hydrogen-bond donors (Lipinski definition) is 1. The number of carbonyl (C=O) groups is 1. The van der Waals surface area contributed by atoms with E-state index in [1.54, 1.807) is 14.2 Å². The van der Waals surface area contributed by atoms with E-state index in [4.69, 9.17) is 9.47 Å². The van der Waals surface area contributed by atoms with E-state index < -0.39 is 0 Å². The van der Waals surface area contributed by atoms with Crippen molar-refractivity contribution >= 4 is 6.29 Å². The molecule has 1 aliphatic rings. The van der Waals surface area contributed by atoms with Crippen LogP contribution in [0, 0.1) is 0 Å². The molecule has 0 spiro atoms. The SMILES string of the molecule is COc1cc2c(c(C=O)c1OC)CCNCC2c1ccccc1. The summed E-state index contributed by atoms with van der Waals surface area (Å²) in [5, 5.41) is 3.47. The molecule has 0 bridgehead atoms. The Morgan fingerprint density at radius 3 is 2.61 bits per heavy atom. The molecule has 0 aliphatic carbocycles. The van der Waals surface area contributed by atoms with Crippen molar-refractivity contribution in [2.24, 2.45) is 0 Å². The van der Waals surface area contributed by atoms with Gasteiger partial charge in [-0.1, -0.05) is 30.3 Å². The summed E-state index contributed by atoms with van der Waals surface area (Å²) in [5.74, 6) is 1.32. The second kappa shape index (κ2) is 6.84. The summed E-state index contributed by atoms with van der Waals surface area (Å²) in [6.45, 7) is 1.68. The molecule has 0 amide bonds. The first-order valence-electron chi connectivity index (χ1n) is 7.78. The highest BCUT2D eigenvalue weighted by Gasteiger charge is 2.26. The van der Waals surface area contributed by atoms with Crippen molar-refractivity contribution < 1.29 is 14.3 Å². The summed E-state index contributed by atoms with van der Waals surface area (Å²) in [4.78, 5) is 11.7. The molecule has 1 atom stereocenters. The largest absolute Gasteiger partial charge is 0.493 e. The van der Waals surface area contributed by atoms with E-state index in [0.29, 0.717) is 17.1 Å². The van der Waals surface area contributed by atoms with Crippen LogP contribution in [0.5, 0.6) is 11.5 Å². The van der Waals surface area contributed by atoms with E-state index in [9.17, 15) is 4.79 Å². The summed E-state index contributed by atoms with van der Waals surface area (Å²) in [5.41, 5.74) is 4.02. The Morgan fingerprint density at radius 1 is 1.17 bits per heavy atom. The Labute approximate surface area is 136 Å². The average molecular weight is 311 g/mol. The van der Waals surface area contributed by atoms with Gasteiger partial charge in [0.2, 0.25) is 0 Å². The van der Waals surface area contributed by atoms with Gasteiger partial charge in [-0.15, -0.1) is 0 Å². The Morgan fingerprint density at radius 2 is 1.96 bits per heavy atom. The van der Waals surface area contributed by atoms with Crippen LogP contribution in [0.15, 0.2) is 36.4 Å². The lowest BCUT2D eigenvalue weighted by atomic mass is 9.85. The lowest BCUT2D eigenvalue weighted by Gasteiger charge is -2.22. The maximum atomic E-state index is 11.7. The first-order valence-corrected chi connectivity index (χ1v) is 7.78.